The molecule has 0 aliphatic carbocycles. The van der Waals surface area contributed by atoms with Gasteiger partial charge in [0.1, 0.15) is 19.0 Å². The number of carbonyl (C=O) groups is 1. The van der Waals surface area contributed by atoms with Gasteiger partial charge in [0, 0.05) is 0 Å². The molecule has 1 amide bonds. The van der Waals surface area contributed by atoms with E-state index in [4.69, 9.17) is 35.9 Å². The number of anilines is 1. The molecule has 0 unspecified atom stereocenters. The van der Waals surface area contributed by atoms with Crippen molar-refractivity contribution in [2.45, 2.75) is 6.92 Å². The number of para-hydroxylation sites is 2. The van der Waals surface area contributed by atoms with Crippen LogP contribution in [0.4, 0.5) is 5.69 Å². The Hall–Kier alpha value is -3.69. The Kier molecular flexibility index (Phi) is 8.92. The fourth-order valence-electron chi connectivity index (χ4n) is 3.62. The van der Waals surface area contributed by atoms with Crippen molar-refractivity contribution in [3.05, 3.63) is 77.2 Å². The van der Waals surface area contributed by atoms with E-state index in [2.05, 4.69) is 0 Å². The zero-order chi connectivity index (χ0) is 26.2. The van der Waals surface area contributed by atoms with Crippen molar-refractivity contribution in [2.24, 2.45) is 0 Å². The maximum absolute atomic E-state index is 13.1. The third-order valence-corrected chi connectivity index (χ3v) is 6.66. The molecular weight excluding hydrogens is 510 g/mol. The Morgan fingerprint density at radius 2 is 1.51 bits per heavy atom. The van der Waals surface area contributed by atoms with Gasteiger partial charge in [-0.25, -0.2) is 0 Å². The lowest BCUT2D eigenvalue weighted by Gasteiger charge is -2.15. The second-order valence-corrected chi connectivity index (χ2v) is 9.38. The Labute approximate surface area is 225 Å². The van der Waals surface area contributed by atoms with Crippen LogP contribution in [0.5, 0.6) is 28.7 Å². The first-order chi connectivity index (χ1) is 18.0. The summed E-state index contributed by atoms with van der Waals surface area (Å²) in [5.74, 6) is 3.03. The number of methoxy groups -OCH3 is 2. The van der Waals surface area contributed by atoms with Crippen LogP contribution in [-0.4, -0.2) is 44.3 Å². The average Bonchev–Trinajstić information content (AvgIpc) is 3.20. The zero-order valence-electron chi connectivity index (χ0n) is 20.8. The van der Waals surface area contributed by atoms with Gasteiger partial charge in [0.25, 0.3) is 5.91 Å². The maximum atomic E-state index is 13.1. The van der Waals surface area contributed by atoms with Gasteiger partial charge < -0.3 is 23.7 Å². The van der Waals surface area contributed by atoms with Crippen molar-refractivity contribution in [3.8, 4) is 28.7 Å². The van der Waals surface area contributed by atoms with Crippen LogP contribution in [0.3, 0.4) is 0 Å². The van der Waals surface area contributed by atoms with E-state index in [0.717, 1.165) is 5.56 Å². The molecule has 1 aliphatic rings. The van der Waals surface area contributed by atoms with Crippen LogP contribution in [-0.2, 0) is 4.79 Å². The van der Waals surface area contributed by atoms with Gasteiger partial charge in [0.15, 0.2) is 27.3 Å². The minimum atomic E-state index is -0.174. The van der Waals surface area contributed by atoms with Crippen LogP contribution in [0.2, 0.25) is 0 Å². The topological polar surface area (TPSA) is 66.5 Å². The molecule has 1 heterocycles. The quantitative estimate of drug-likeness (QED) is 0.169. The molecule has 1 aliphatic heterocycles. The van der Waals surface area contributed by atoms with Crippen LogP contribution < -0.4 is 28.6 Å². The molecule has 7 nitrogen and oxygen atoms in total. The maximum Gasteiger partial charge on any atom is 0.270 e. The SMILES string of the molecule is CCOc1cc(/C=C2/SC(=S)N(c3ccc(OC)cc3)C2=O)ccc1OCCOc1ccccc1OC. The van der Waals surface area contributed by atoms with Gasteiger partial charge in [-0.1, -0.05) is 42.2 Å². The first-order valence-corrected chi connectivity index (χ1v) is 12.8. The van der Waals surface area contributed by atoms with Crippen molar-refractivity contribution >= 4 is 46.0 Å². The van der Waals surface area contributed by atoms with Crippen LogP contribution in [0.1, 0.15) is 12.5 Å². The van der Waals surface area contributed by atoms with Crippen molar-refractivity contribution in [1.29, 1.82) is 0 Å². The fourth-order valence-corrected chi connectivity index (χ4v) is 4.92. The molecule has 1 saturated heterocycles. The second kappa shape index (κ2) is 12.5. The van der Waals surface area contributed by atoms with Gasteiger partial charge in [0.05, 0.1) is 31.4 Å². The number of nitrogens with zero attached hydrogens (tertiary/aromatic N) is 1. The number of carbonyl (C=O) groups excluding carboxylic acids is 1. The molecule has 0 atom stereocenters. The minimum absolute atomic E-state index is 0.174. The molecule has 1 fully saturated rings. The van der Waals surface area contributed by atoms with Gasteiger partial charge in [-0.15, -0.1) is 0 Å². The standard InChI is InChI=1S/C28H27NO6S2/c1-4-33-25-17-19(9-14-24(25)35-16-15-34-23-8-6-5-7-22(23)32-3)18-26-27(30)29(28(36)37-26)20-10-12-21(31-2)13-11-20/h5-14,17-18H,4,15-16H2,1-3H3/b26-18+. The highest BCUT2D eigenvalue weighted by Gasteiger charge is 2.33. The highest BCUT2D eigenvalue weighted by Crippen LogP contribution is 2.37. The first kappa shape index (κ1) is 26.4. The van der Waals surface area contributed by atoms with Crippen LogP contribution in [0.25, 0.3) is 6.08 Å². The lowest BCUT2D eigenvalue weighted by Crippen LogP contribution is -2.27. The Morgan fingerprint density at radius 1 is 0.838 bits per heavy atom. The summed E-state index contributed by atoms with van der Waals surface area (Å²) >= 11 is 6.75. The molecule has 0 aromatic heterocycles. The average molecular weight is 538 g/mol. The summed E-state index contributed by atoms with van der Waals surface area (Å²) in [6, 6.07) is 20.2. The summed E-state index contributed by atoms with van der Waals surface area (Å²) in [6.45, 7) is 3.03. The highest BCUT2D eigenvalue weighted by atomic mass is 32.2. The van der Waals surface area contributed by atoms with E-state index in [1.807, 2.05) is 61.5 Å². The Bertz CT molecular complexity index is 1290. The molecule has 0 spiro atoms. The van der Waals surface area contributed by atoms with Gasteiger partial charge in [-0.2, -0.15) is 0 Å². The molecule has 9 heteroatoms. The summed E-state index contributed by atoms with van der Waals surface area (Å²) in [5.41, 5.74) is 1.50. The number of ether oxygens (including phenoxy) is 5. The molecular formula is C28H27NO6S2. The number of hydrogen-bond donors (Lipinski definition) is 0. The van der Waals surface area contributed by atoms with E-state index in [0.29, 0.717) is 63.5 Å². The predicted molar refractivity (Wildman–Crippen MR) is 150 cm³/mol. The Balaban J connectivity index is 1.44. The number of benzene rings is 3. The van der Waals surface area contributed by atoms with E-state index in [1.165, 1.54) is 16.7 Å². The second-order valence-electron chi connectivity index (χ2n) is 7.70. The zero-order valence-corrected chi connectivity index (χ0v) is 22.4. The molecule has 37 heavy (non-hydrogen) atoms. The largest absolute Gasteiger partial charge is 0.497 e. The van der Waals surface area contributed by atoms with Crippen LogP contribution in [0, 0.1) is 0 Å². The fraction of sp³-hybridized carbons (Fsp3) is 0.214. The minimum Gasteiger partial charge on any atom is -0.497 e. The molecule has 4 rings (SSSR count). The third-order valence-electron chi connectivity index (χ3n) is 5.36. The summed E-state index contributed by atoms with van der Waals surface area (Å²) in [7, 11) is 3.20. The van der Waals surface area contributed by atoms with Crippen molar-refractivity contribution < 1.29 is 28.5 Å². The van der Waals surface area contributed by atoms with Gasteiger partial charge in [-0.3, -0.25) is 9.69 Å². The number of rotatable bonds is 11. The molecule has 3 aromatic rings. The van der Waals surface area contributed by atoms with Gasteiger partial charge in [-0.05, 0) is 67.1 Å². The van der Waals surface area contributed by atoms with Crippen LogP contribution in [0.15, 0.2) is 71.6 Å². The normalized spacial score (nSPS) is 14.1. The number of thioether (sulfide) groups is 1. The molecule has 0 saturated carbocycles. The van der Waals surface area contributed by atoms with E-state index in [1.54, 1.807) is 32.4 Å². The smallest absolute Gasteiger partial charge is 0.270 e. The van der Waals surface area contributed by atoms with Gasteiger partial charge in [0.2, 0.25) is 0 Å². The van der Waals surface area contributed by atoms with Crippen molar-refractivity contribution in [2.75, 3.05) is 38.9 Å². The van der Waals surface area contributed by atoms with Crippen LogP contribution >= 0.6 is 24.0 Å². The lowest BCUT2D eigenvalue weighted by atomic mass is 10.1. The summed E-state index contributed by atoms with van der Waals surface area (Å²) in [6.07, 6.45) is 1.81. The molecule has 192 valence electrons. The van der Waals surface area contributed by atoms with Crippen molar-refractivity contribution in [3.63, 3.8) is 0 Å². The molecule has 0 N–H and O–H groups in total. The molecule has 0 radical (unpaired) electrons. The summed E-state index contributed by atoms with van der Waals surface area (Å²) in [4.78, 5) is 15.2. The van der Waals surface area contributed by atoms with E-state index in [-0.39, 0.29) is 5.91 Å². The predicted octanol–water partition coefficient (Wildman–Crippen LogP) is 5.97. The number of hydrogen-bond acceptors (Lipinski definition) is 8. The van der Waals surface area contributed by atoms with Crippen molar-refractivity contribution in [1.82, 2.24) is 0 Å². The molecule has 3 aromatic carbocycles. The van der Waals surface area contributed by atoms with E-state index >= 15 is 0 Å². The summed E-state index contributed by atoms with van der Waals surface area (Å²) < 4.78 is 28.5. The third kappa shape index (κ3) is 6.36. The molecule has 0 bridgehead atoms. The van der Waals surface area contributed by atoms with E-state index < -0.39 is 0 Å². The summed E-state index contributed by atoms with van der Waals surface area (Å²) in [5, 5.41) is 0. The lowest BCUT2D eigenvalue weighted by molar-refractivity contribution is -0.113. The monoisotopic (exact) mass is 537 g/mol. The Morgan fingerprint density at radius 3 is 2.16 bits per heavy atom. The highest BCUT2D eigenvalue weighted by molar-refractivity contribution is 8.27. The number of thiocarbonyl (C=S) groups is 1. The number of amides is 1. The first-order valence-electron chi connectivity index (χ1n) is 11.6. The van der Waals surface area contributed by atoms with Gasteiger partial charge >= 0.3 is 0 Å². The van der Waals surface area contributed by atoms with E-state index in [9.17, 15) is 4.79 Å².